The molecular formula is C20H22BrN5O2. The molecule has 0 bridgehead atoms. The molecule has 1 fully saturated rings. The highest BCUT2D eigenvalue weighted by molar-refractivity contribution is 9.10. The van der Waals surface area contributed by atoms with E-state index in [1.165, 1.54) is 4.52 Å². The second kappa shape index (κ2) is 7.43. The summed E-state index contributed by atoms with van der Waals surface area (Å²) in [5.41, 5.74) is 3.54. The number of aryl methyl sites for hydroxylation is 2. The third-order valence-electron chi connectivity index (χ3n) is 5.44. The second-order valence-corrected chi connectivity index (χ2v) is 8.08. The van der Waals surface area contributed by atoms with Gasteiger partial charge in [-0.3, -0.25) is 4.79 Å². The van der Waals surface area contributed by atoms with E-state index >= 15 is 0 Å². The van der Waals surface area contributed by atoms with Crippen molar-refractivity contribution in [1.82, 2.24) is 19.1 Å². The Morgan fingerprint density at radius 3 is 2.68 bits per heavy atom. The Morgan fingerprint density at radius 1 is 1.21 bits per heavy atom. The molecule has 8 heteroatoms. The zero-order valence-corrected chi connectivity index (χ0v) is 17.4. The molecule has 2 aromatic heterocycles. The van der Waals surface area contributed by atoms with Gasteiger partial charge in [0.1, 0.15) is 5.65 Å². The van der Waals surface area contributed by atoms with Crippen molar-refractivity contribution in [1.29, 1.82) is 0 Å². The van der Waals surface area contributed by atoms with Crippen molar-refractivity contribution in [3.63, 3.8) is 0 Å². The average Bonchev–Trinajstić information content (AvgIpc) is 3.19. The smallest absolute Gasteiger partial charge is 0.321 e. The van der Waals surface area contributed by atoms with Gasteiger partial charge in [-0.15, -0.1) is 0 Å². The van der Waals surface area contributed by atoms with Crippen LogP contribution in [0.25, 0.3) is 5.65 Å². The number of urea groups is 1. The Morgan fingerprint density at radius 2 is 1.96 bits per heavy atom. The Hall–Kier alpha value is -2.61. The molecule has 28 heavy (non-hydrogen) atoms. The molecule has 7 nitrogen and oxygen atoms in total. The SMILES string of the molecule is Cc1cc(NC(=O)N2CCC(c3cc(=O)n4nccc4n3C)CC2)ccc1Br. The summed E-state index contributed by atoms with van der Waals surface area (Å²) in [4.78, 5) is 26.7. The number of aromatic nitrogens is 3. The summed E-state index contributed by atoms with van der Waals surface area (Å²) in [5.74, 6) is 0.247. The first kappa shape index (κ1) is 18.7. The van der Waals surface area contributed by atoms with Crippen LogP contribution in [-0.2, 0) is 7.05 Å². The van der Waals surface area contributed by atoms with E-state index in [2.05, 4.69) is 26.3 Å². The number of carbonyl (C=O) groups excluding carboxylic acids is 1. The minimum atomic E-state index is -0.112. The summed E-state index contributed by atoms with van der Waals surface area (Å²) in [7, 11) is 1.96. The summed E-state index contributed by atoms with van der Waals surface area (Å²) >= 11 is 3.47. The molecule has 146 valence electrons. The van der Waals surface area contributed by atoms with Gasteiger partial charge in [0.05, 0.1) is 6.20 Å². The normalized spacial score (nSPS) is 15.2. The summed E-state index contributed by atoms with van der Waals surface area (Å²) in [6, 6.07) is 9.20. The number of piperidine rings is 1. The maximum absolute atomic E-state index is 12.6. The third kappa shape index (κ3) is 3.44. The van der Waals surface area contributed by atoms with Gasteiger partial charge in [-0.05, 0) is 43.5 Å². The largest absolute Gasteiger partial charge is 0.333 e. The van der Waals surface area contributed by atoms with E-state index < -0.39 is 0 Å². The van der Waals surface area contributed by atoms with Gasteiger partial charge in [-0.25, -0.2) is 4.79 Å². The zero-order chi connectivity index (χ0) is 19.8. The van der Waals surface area contributed by atoms with E-state index in [1.54, 1.807) is 12.3 Å². The molecule has 0 unspecified atom stereocenters. The summed E-state index contributed by atoms with van der Waals surface area (Å²) in [6.45, 7) is 3.31. The molecule has 1 saturated heterocycles. The lowest BCUT2D eigenvalue weighted by Crippen LogP contribution is -2.41. The van der Waals surface area contributed by atoms with Crippen LogP contribution in [0.5, 0.6) is 0 Å². The van der Waals surface area contributed by atoms with E-state index in [4.69, 9.17) is 0 Å². The highest BCUT2D eigenvalue weighted by atomic mass is 79.9. The van der Waals surface area contributed by atoms with Gasteiger partial charge in [0, 0.05) is 54.0 Å². The van der Waals surface area contributed by atoms with Crippen LogP contribution in [0.2, 0.25) is 0 Å². The van der Waals surface area contributed by atoms with E-state index in [1.807, 2.05) is 47.7 Å². The van der Waals surface area contributed by atoms with Gasteiger partial charge < -0.3 is 14.8 Å². The number of likely N-dealkylation sites (tertiary alicyclic amines) is 1. The zero-order valence-electron chi connectivity index (χ0n) is 15.9. The van der Waals surface area contributed by atoms with Crippen LogP contribution < -0.4 is 10.9 Å². The first-order chi connectivity index (χ1) is 13.4. The molecule has 1 aliphatic heterocycles. The molecule has 0 atom stereocenters. The predicted octanol–water partition coefficient (Wildman–Crippen LogP) is 3.52. The van der Waals surface area contributed by atoms with E-state index in [-0.39, 0.29) is 17.5 Å². The van der Waals surface area contributed by atoms with Crippen LogP contribution >= 0.6 is 15.9 Å². The molecule has 0 saturated carbocycles. The van der Waals surface area contributed by atoms with Crippen molar-refractivity contribution in [2.75, 3.05) is 18.4 Å². The van der Waals surface area contributed by atoms with Crippen LogP contribution in [0.15, 0.2) is 45.8 Å². The third-order valence-corrected chi connectivity index (χ3v) is 6.33. The maximum Gasteiger partial charge on any atom is 0.321 e. The predicted molar refractivity (Wildman–Crippen MR) is 112 cm³/mol. The van der Waals surface area contributed by atoms with Gasteiger partial charge in [0.15, 0.2) is 0 Å². The van der Waals surface area contributed by atoms with Gasteiger partial charge in [0.25, 0.3) is 5.56 Å². The maximum atomic E-state index is 12.6. The minimum absolute atomic E-state index is 0.0831. The van der Waals surface area contributed by atoms with E-state index in [0.29, 0.717) is 13.1 Å². The number of hydrogen-bond donors (Lipinski definition) is 1. The molecule has 1 N–H and O–H groups in total. The molecule has 3 aromatic rings. The average molecular weight is 444 g/mol. The Bertz CT molecular complexity index is 1100. The number of nitrogens with one attached hydrogen (secondary N) is 1. The second-order valence-electron chi connectivity index (χ2n) is 7.22. The van der Waals surface area contributed by atoms with Crippen molar-refractivity contribution >= 4 is 33.3 Å². The van der Waals surface area contributed by atoms with E-state index in [0.717, 1.165) is 39.9 Å². The summed E-state index contributed by atoms with van der Waals surface area (Å²) < 4.78 is 4.46. The number of amides is 2. The van der Waals surface area contributed by atoms with Crippen molar-refractivity contribution in [2.24, 2.45) is 7.05 Å². The van der Waals surface area contributed by atoms with Crippen molar-refractivity contribution in [2.45, 2.75) is 25.7 Å². The first-order valence-corrected chi connectivity index (χ1v) is 10.1. The number of anilines is 1. The standard InChI is InChI=1S/C20H22BrN5O2/c1-13-11-15(3-4-16(13)21)23-20(28)25-9-6-14(7-10-25)17-12-19(27)26-18(24(17)2)5-8-22-26/h3-5,8,11-12,14H,6-7,9-10H2,1-2H3,(H,23,28). The quantitative estimate of drug-likeness (QED) is 0.658. The number of hydrogen-bond acceptors (Lipinski definition) is 3. The lowest BCUT2D eigenvalue weighted by Gasteiger charge is -2.33. The molecule has 0 radical (unpaired) electrons. The molecule has 1 aliphatic rings. The van der Waals surface area contributed by atoms with Crippen LogP contribution in [-0.4, -0.2) is 38.2 Å². The number of carbonyl (C=O) groups is 1. The van der Waals surface area contributed by atoms with Crippen LogP contribution in [0.1, 0.15) is 30.0 Å². The van der Waals surface area contributed by atoms with Crippen LogP contribution in [0.4, 0.5) is 10.5 Å². The Labute approximate surface area is 171 Å². The number of rotatable bonds is 2. The van der Waals surface area contributed by atoms with Gasteiger partial charge in [-0.1, -0.05) is 15.9 Å². The molecular weight excluding hydrogens is 422 g/mol. The van der Waals surface area contributed by atoms with E-state index in [9.17, 15) is 9.59 Å². The van der Waals surface area contributed by atoms with Crippen molar-refractivity contribution in [3.05, 3.63) is 62.6 Å². The molecule has 0 spiro atoms. The fourth-order valence-corrected chi connectivity index (χ4v) is 4.08. The molecule has 1 aromatic carbocycles. The van der Waals surface area contributed by atoms with Crippen molar-refractivity contribution < 1.29 is 4.79 Å². The minimum Gasteiger partial charge on any atom is -0.333 e. The number of halogens is 1. The first-order valence-electron chi connectivity index (χ1n) is 9.30. The fourth-order valence-electron chi connectivity index (χ4n) is 3.83. The Kier molecular flexibility index (Phi) is 4.97. The molecule has 0 aliphatic carbocycles. The number of benzene rings is 1. The highest BCUT2D eigenvalue weighted by Gasteiger charge is 2.26. The lowest BCUT2D eigenvalue weighted by atomic mass is 9.93. The monoisotopic (exact) mass is 443 g/mol. The molecule has 2 amide bonds. The van der Waals surface area contributed by atoms with Gasteiger partial charge in [0.2, 0.25) is 0 Å². The summed E-state index contributed by atoms with van der Waals surface area (Å²) in [5, 5.41) is 7.05. The number of nitrogens with zero attached hydrogens (tertiary/aromatic N) is 4. The van der Waals surface area contributed by atoms with Gasteiger partial charge >= 0.3 is 6.03 Å². The molecule has 3 heterocycles. The van der Waals surface area contributed by atoms with Gasteiger partial charge in [-0.2, -0.15) is 9.61 Å². The summed E-state index contributed by atoms with van der Waals surface area (Å²) in [6.07, 6.45) is 3.28. The van der Waals surface area contributed by atoms with Crippen molar-refractivity contribution in [3.8, 4) is 0 Å². The highest BCUT2D eigenvalue weighted by Crippen LogP contribution is 2.28. The van der Waals surface area contributed by atoms with Crippen LogP contribution in [0.3, 0.4) is 0 Å². The Balaban J connectivity index is 1.44. The fraction of sp³-hybridized carbons (Fsp3) is 0.350. The van der Waals surface area contributed by atoms with Crippen LogP contribution in [0, 0.1) is 6.92 Å². The topological polar surface area (TPSA) is 71.6 Å². The number of fused-ring (bicyclic) bond motifs is 1. The lowest BCUT2D eigenvalue weighted by molar-refractivity contribution is 0.193. The molecule has 4 rings (SSSR count).